The predicted octanol–water partition coefficient (Wildman–Crippen LogP) is 4.08. The summed E-state index contributed by atoms with van der Waals surface area (Å²) in [4.78, 5) is 12.8. The molecule has 0 amide bonds. The van der Waals surface area contributed by atoms with E-state index in [9.17, 15) is 4.79 Å². The number of esters is 1. The van der Waals surface area contributed by atoms with Crippen molar-refractivity contribution in [2.24, 2.45) is 0 Å². The minimum absolute atomic E-state index is 0.340. The van der Waals surface area contributed by atoms with E-state index in [-0.39, 0.29) is 5.97 Å². The molecule has 2 aromatic carbocycles. The van der Waals surface area contributed by atoms with Gasteiger partial charge in [-0.25, -0.2) is 4.79 Å². The van der Waals surface area contributed by atoms with Gasteiger partial charge in [-0.2, -0.15) is 0 Å². The van der Waals surface area contributed by atoms with Crippen molar-refractivity contribution < 1.29 is 14.3 Å². The summed E-state index contributed by atoms with van der Waals surface area (Å²) >= 11 is 1.58. The summed E-state index contributed by atoms with van der Waals surface area (Å²) in [7, 11) is 3.01. The number of hydrogen-bond donors (Lipinski definition) is 0. The summed E-state index contributed by atoms with van der Waals surface area (Å²) in [5.74, 6) is 1.13. The highest BCUT2D eigenvalue weighted by atomic mass is 32.2. The van der Waals surface area contributed by atoms with Crippen LogP contribution in [0.15, 0.2) is 47.4 Å². The summed E-state index contributed by atoms with van der Waals surface area (Å²) in [5.41, 5.74) is 2.72. The van der Waals surface area contributed by atoms with E-state index in [1.54, 1.807) is 18.9 Å². The van der Waals surface area contributed by atoms with Gasteiger partial charge >= 0.3 is 5.97 Å². The zero-order valence-corrected chi connectivity index (χ0v) is 13.2. The molecule has 0 saturated carbocycles. The van der Waals surface area contributed by atoms with E-state index < -0.39 is 0 Å². The molecule has 0 atom stereocenters. The zero-order chi connectivity index (χ0) is 15.2. The predicted molar refractivity (Wildman–Crippen MR) is 85.1 cm³/mol. The van der Waals surface area contributed by atoms with Crippen LogP contribution < -0.4 is 4.74 Å². The molecule has 0 aliphatic heterocycles. The molecule has 0 fully saturated rings. The lowest BCUT2D eigenvalue weighted by Crippen LogP contribution is -2.05. The fourth-order valence-electron chi connectivity index (χ4n) is 2.03. The number of rotatable bonds is 5. The quantitative estimate of drug-likeness (QED) is 0.616. The summed E-state index contributed by atoms with van der Waals surface area (Å²) < 4.78 is 10.3. The summed E-state index contributed by atoms with van der Waals surface area (Å²) in [6.07, 6.45) is 0. The molecular formula is C17H18O3S. The first-order chi connectivity index (χ1) is 10.2. The Labute approximate surface area is 129 Å². The summed E-state index contributed by atoms with van der Waals surface area (Å²) in [5, 5.41) is 0. The molecule has 0 radical (unpaired) electrons. The Morgan fingerprint density at radius 3 is 2.48 bits per heavy atom. The van der Waals surface area contributed by atoms with Crippen LogP contribution in [0.2, 0.25) is 0 Å². The van der Waals surface area contributed by atoms with E-state index in [2.05, 4.69) is 12.1 Å². The molecule has 3 nitrogen and oxygen atoms in total. The third-order valence-electron chi connectivity index (χ3n) is 3.05. The lowest BCUT2D eigenvalue weighted by atomic mass is 10.1. The number of benzene rings is 2. The zero-order valence-electron chi connectivity index (χ0n) is 12.4. The van der Waals surface area contributed by atoms with Crippen molar-refractivity contribution in [3.8, 4) is 5.75 Å². The molecule has 0 N–H and O–H groups in total. The molecule has 110 valence electrons. The first-order valence-corrected chi connectivity index (χ1v) is 7.58. The van der Waals surface area contributed by atoms with Gasteiger partial charge in [0.1, 0.15) is 5.75 Å². The molecular weight excluding hydrogens is 284 g/mol. The molecule has 0 spiro atoms. The fourth-order valence-corrected chi connectivity index (χ4v) is 3.12. The van der Waals surface area contributed by atoms with Crippen LogP contribution >= 0.6 is 11.8 Å². The number of aryl methyl sites for hydroxylation is 1. The number of carbonyl (C=O) groups is 1. The highest BCUT2D eigenvalue weighted by Gasteiger charge is 2.18. The highest BCUT2D eigenvalue weighted by Crippen LogP contribution is 2.36. The highest BCUT2D eigenvalue weighted by molar-refractivity contribution is 7.98. The van der Waals surface area contributed by atoms with Crippen LogP contribution in [-0.4, -0.2) is 20.2 Å². The Morgan fingerprint density at radius 1 is 1.14 bits per heavy atom. The Hall–Kier alpha value is -1.94. The van der Waals surface area contributed by atoms with Crippen molar-refractivity contribution in [3.05, 3.63) is 59.2 Å². The summed E-state index contributed by atoms with van der Waals surface area (Å²) in [6.45, 7) is 1.93. The van der Waals surface area contributed by atoms with Gasteiger partial charge in [0.2, 0.25) is 0 Å². The molecule has 0 unspecified atom stereocenters. The number of thioether (sulfide) groups is 1. The third-order valence-corrected chi connectivity index (χ3v) is 4.24. The molecule has 0 heterocycles. The monoisotopic (exact) mass is 302 g/mol. The Bertz CT molecular complexity index is 623. The van der Waals surface area contributed by atoms with Gasteiger partial charge < -0.3 is 9.47 Å². The van der Waals surface area contributed by atoms with Crippen molar-refractivity contribution in [1.82, 2.24) is 0 Å². The molecule has 2 aromatic rings. The van der Waals surface area contributed by atoms with Crippen LogP contribution in [0.5, 0.6) is 5.75 Å². The molecule has 0 aromatic heterocycles. The number of methoxy groups -OCH3 is 2. The standard InChI is InChI=1S/C17H18O3S/c1-12-9-14(17(18)20-3)16(15(10-12)19-2)21-11-13-7-5-4-6-8-13/h4-10H,11H2,1-3H3. The topological polar surface area (TPSA) is 35.5 Å². The maximum Gasteiger partial charge on any atom is 0.339 e. The van der Waals surface area contributed by atoms with Crippen LogP contribution in [0.25, 0.3) is 0 Å². The largest absolute Gasteiger partial charge is 0.496 e. The van der Waals surface area contributed by atoms with Crippen molar-refractivity contribution in [1.29, 1.82) is 0 Å². The van der Waals surface area contributed by atoms with Gasteiger partial charge in [0, 0.05) is 5.75 Å². The second kappa shape index (κ2) is 7.18. The smallest absolute Gasteiger partial charge is 0.339 e. The lowest BCUT2D eigenvalue weighted by Gasteiger charge is -2.13. The second-order valence-electron chi connectivity index (χ2n) is 4.61. The van der Waals surface area contributed by atoms with E-state index in [1.165, 1.54) is 12.7 Å². The molecule has 21 heavy (non-hydrogen) atoms. The van der Waals surface area contributed by atoms with E-state index >= 15 is 0 Å². The average molecular weight is 302 g/mol. The van der Waals surface area contributed by atoms with E-state index in [0.717, 1.165) is 16.2 Å². The van der Waals surface area contributed by atoms with Crippen molar-refractivity contribution in [2.45, 2.75) is 17.6 Å². The fraction of sp³-hybridized carbons (Fsp3) is 0.235. The van der Waals surface area contributed by atoms with Crippen LogP contribution in [0.4, 0.5) is 0 Å². The number of carbonyl (C=O) groups excluding carboxylic acids is 1. The average Bonchev–Trinajstić information content (AvgIpc) is 2.53. The van der Waals surface area contributed by atoms with E-state index in [0.29, 0.717) is 11.3 Å². The van der Waals surface area contributed by atoms with Crippen LogP contribution in [-0.2, 0) is 10.5 Å². The first kappa shape index (κ1) is 15.4. The van der Waals surface area contributed by atoms with Gasteiger partial charge in [0.25, 0.3) is 0 Å². The van der Waals surface area contributed by atoms with Crippen molar-refractivity contribution in [2.75, 3.05) is 14.2 Å². The van der Waals surface area contributed by atoms with E-state index in [1.807, 2.05) is 37.3 Å². The molecule has 0 saturated heterocycles. The third kappa shape index (κ3) is 3.79. The molecule has 2 rings (SSSR count). The van der Waals surface area contributed by atoms with Gasteiger partial charge in [-0.1, -0.05) is 30.3 Å². The number of hydrogen-bond acceptors (Lipinski definition) is 4. The molecule has 0 aliphatic carbocycles. The van der Waals surface area contributed by atoms with Crippen LogP contribution in [0, 0.1) is 6.92 Å². The van der Waals surface area contributed by atoms with Gasteiger partial charge in [-0.15, -0.1) is 11.8 Å². The molecule has 0 aliphatic rings. The van der Waals surface area contributed by atoms with Gasteiger partial charge in [-0.3, -0.25) is 0 Å². The maximum atomic E-state index is 12.0. The van der Waals surface area contributed by atoms with Gasteiger partial charge in [0.05, 0.1) is 24.7 Å². The second-order valence-corrected chi connectivity index (χ2v) is 5.60. The maximum absolute atomic E-state index is 12.0. The van der Waals surface area contributed by atoms with Crippen molar-refractivity contribution in [3.63, 3.8) is 0 Å². The molecule has 4 heteroatoms. The first-order valence-electron chi connectivity index (χ1n) is 6.59. The van der Waals surface area contributed by atoms with E-state index in [4.69, 9.17) is 9.47 Å². The molecule has 0 bridgehead atoms. The number of ether oxygens (including phenoxy) is 2. The van der Waals surface area contributed by atoms with Gasteiger partial charge in [-0.05, 0) is 30.2 Å². The normalized spacial score (nSPS) is 10.2. The Kier molecular flexibility index (Phi) is 5.28. The summed E-state index contributed by atoms with van der Waals surface area (Å²) in [6, 6.07) is 13.9. The SMILES string of the molecule is COC(=O)c1cc(C)cc(OC)c1SCc1ccccc1. The Morgan fingerprint density at radius 2 is 1.86 bits per heavy atom. The van der Waals surface area contributed by atoms with Crippen LogP contribution in [0.1, 0.15) is 21.5 Å². The Balaban J connectivity index is 2.33. The van der Waals surface area contributed by atoms with Gasteiger partial charge in [0.15, 0.2) is 0 Å². The van der Waals surface area contributed by atoms with Crippen molar-refractivity contribution >= 4 is 17.7 Å². The minimum atomic E-state index is -0.340. The van der Waals surface area contributed by atoms with Crippen LogP contribution in [0.3, 0.4) is 0 Å². The lowest BCUT2D eigenvalue weighted by molar-refractivity contribution is 0.0596. The minimum Gasteiger partial charge on any atom is -0.496 e.